The van der Waals surface area contributed by atoms with Crippen LogP contribution >= 0.6 is 0 Å². The molecule has 0 aliphatic carbocycles. The zero-order chi connectivity index (χ0) is 23.3. The lowest BCUT2D eigenvalue weighted by Crippen LogP contribution is -2.42. The van der Waals surface area contributed by atoms with Crippen LogP contribution in [0, 0.1) is 0 Å². The summed E-state index contributed by atoms with van der Waals surface area (Å²) in [6.07, 6.45) is 2.17. The molecule has 172 valence electrons. The van der Waals surface area contributed by atoms with E-state index >= 15 is 0 Å². The van der Waals surface area contributed by atoms with E-state index in [4.69, 9.17) is 0 Å². The van der Waals surface area contributed by atoms with Gasteiger partial charge in [-0.05, 0) is 60.6 Å². The number of carbonyl (C=O) groups is 1. The molecule has 3 aromatic carbocycles. The number of carboxylic acids is 1. The second-order valence-corrected chi connectivity index (χ2v) is 10.1. The number of nitrogens with zero attached hydrogens (tertiary/aromatic N) is 1. The number of hydrogen-bond acceptors (Lipinski definition) is 4. The van der Waals surface area contributed by atoms with Gasteiger partial charge < -0.3 is 10.0 Å². The maximum Gasteiger partial charge on any atom is 0.322 e. The van der Waals surface area contributed by atoms with E-state index in [1.54, 1.807) is 48.5 Å². The summed E-state index contributed by atoms with van der Waals surface area (Å²) in [4.78, 5) is 14.0. The van der Waals surface area contributed by atoms with Crippen molar-refractivity contribution >= 4 is 21.7 Å². The molecule has 7 heteroatoms. The zero-order valence-electron chi connectivity index (χ0n) is 18.3. The van der Waals surface area contributed by atoms with Gasteiger partial charge in [0.1, 0.15) is 6.04 Å². The van der Waals surface area contributed by atoms with Gasteiger partial charge >= 0.3 is 5.97 Å². The number of anilines is 1. The maximum absolute atomic E-state index is 12.8. The minimum Gasteiger partial charge on any atom is -0.480 e. The van der Waals surface area contributed by atoms with Crippen molar-refractivity contribution in [2.45, 2.75) is 36.1 Å². The summed E-state index contributed by atoms with van der Waals surface area (Å²) >= 11 is 0. The fraction of sp³-hybridized carbons (Fsp3) is 0.269. The molecule has 1 heterocycles. The predicted octanol–water partition coefficient (Wildman–Crippen LogP) is 4.04. The molecule has 1 atom stereocenters. The second-order valence-electron chi connectivity index (χ2n) is 8.37. The topological polar surface area (TPSA) is 86.7 Å². The molecule has 0 spiro atoms. The third-order valence-electron chi connectivity index (χ3n) is 6.16. The summed E-state index contributed by atoms with van der Waals surface area (Å²) in [6.45, 7) is 1.81. The number of aliphatic carboxylic acids is 1. The highest BCUT2D eigenvalue weighted by molar-refractivity contribution is 7.89. The van der Waals surface area contributed by atoms with Crippen molar-refractivity contribution in [3.8, 4) is 0 Å². The van der Waals surface area contributed by atoms with Crippen molar-refractivity contribution in [1.29, 1.82) is 0 Å². The zero-order valence-corrected chi connectivity index (χ0v) is 19.1. The maximum atomic E-state index is 12.8. The van der Waals surface area contributed by atoms with Gasteiger partial charge in [-0.1, -0.05) is 60.7 Å². The van der Waals surface area contributed by atoms with E-state index in [1.165, 1.54) is 5.56 Å². The van der Waals surface area contributed by atoms with E-state index < -0.39 is 22.0 Å². The lowest BCUT2D eigenvalue weighted by molar-refractivity contribution is -0.138. The highest BCUT2D eigenvalue weighted by Crippen LogP contribution is 2.30. The Labute approximate surface area is 194 Å². The van der Waals surface area contributed by atoms with Crippen molar-refractivity contribution in [2.24, 2.45) is 0 Å². The molecule has 1 aliphatic heterocycles. The molecule has 0 amide bonds. The Kier molecular flexibility index (Phi) is 7.11. The minimum atomic E-state index is -3.97. The number of rotatable bonds is 8. The summed E-state index contributed by atoms with van der Waals surface area (Å²) in [7, 11) is -3.97. The molecule has 1 aliphatic rings. The summed E-state index contributed by atoms with van der Waals surface area (Å²) in [5, 5.41) is 9.53. The SMILES string of the molecule is O=C(O)[C@@H](Cc1ccccc1)NS(=O)(=O)c1ccc(N2CCC(c3ccccc3)CC2)cc1. The molecule has 6 nitrogen and oxygen atoms in total. The van der Waals surface area contributed by atoms with Crippen LogP contribution in [0.15, 0.2) is 89.8 Å². The lowest BCUT2D eigenvalue weighted by atomic mass is 9.89. The summed E-state index contributed by atoms with van der Waals surface area (Å²) in [5.41, 5.74) is 3.09. The van der Waals surface area contributed by atoms with E-state index in [2.05, 4.69) is 33.9 Å². The molecule has 0 bridgehead atoms. The monoisotopic (exact) mass is 464 g/mol. The van der Waals surface area contributed by atoms with Gasteiger partial charge in [-0.15, -0.1) is 0 Å². The number of hydrogen-bond donors (Lipinski definition) is 2. The van der Waals surface area contributed by atoms with Gasteiger partial charge in [0.05, 0.1) is 4.90 Å². The Morgan fingerprint density at radius 3 is 2.06 bits per heavy atom. The van der Waals surface area contributed by atoms with Crippen LogP contribution in [0.2, 0.25) is 0 Å². The standard InChI is InChI=1S/C26H28N2O4S/c29-26(30)25(19-20-7-3-1-4-8-20)27-33(31,32)24-13-11-23(12-14-24)28-17-15-22(16-18-28)21-9-5-2-6-10-21/h1-14,22,25,27H,15-19H2,(H,29,30)/t25-/m1/s1. The molecule has 33 heavy (non-hydrogen) atoms. The predicted molar refractivity (Wildman–Crippen MR) is 129 cm³/mol. The Bertz CT molecular complexity index is 1160. The fourth-order valence-corrected chi connectivity index (χ4v) is 5.51. The smallest absolute Gasteiger partial charge is 0.322 e. The third kappa shape index (κ3) is 5.80. The molecule has 0 unspecified atom stereocenters. The highest BCUT2D eigenvalue weighted by atomic mass is 32.2. The number of nitrogens with one attached hydrogen (secondary N) is 1. The molecule has 1 fully saturated rings. The van der Waals surface area contributed by atoms with E-state index in [9.17, 15) is 18.3 Å². The third-order valence-corrected chi connectivity index (χ3v) is 7.64. The number of sulfonamides is 1. The molecule has 4 rings (SSSR count). The first kappa shape index (κ1) is 23.0. The normalized spacial score (nSPS) is 15.8. The fourth-order valence-electron chi connectivity index (χ4n) is 4.32. The number of carboxylic acid groups (broad SMARTS) is 1. The molecule has 3 aromatic rings. The van der Waals surface area contributed by atoms with Crippen molar-refractivity contribution in [3.05, 3.63) is 96.1 Å². The molecular weight excluding hydrogens is 436 g/mol. The van der Waals surface area contributed by atoms with Crippen LogP contribution in [0.4, 0.5) is 5.69 Å². The summed E-state index contributed by atoms with van der Waals surface area (Å²) < 4.78 is 28.0. The second kappa shape index (κ2) is 10.2. The van der Waals surface area contributed by atoms with Crippen LogP contribution in [0.25, 0.3) is 0 Å². The van der Waals surface area contributed by atoms with Crippen LogP contribution in [-0.4, -0.2) is 38.6 Å². The molecule has 2 N–H and O–H groups in total. The van der Waals surface area contributed by atoms with Gasteiger partial charge in [0, 0.05) is 18.8 Å². The summed E-state index contributed by atoms with van der Waals surface area (Å²) in [5.74, 6) is -0.663. The van der Waals surface area contributed by atoms with Gasteiger partial charge in [0.2, 0.25) is 10.0 Å². The molecule has 1 saturated heterocycles. The van der Waals surface area contributed by atoms with Crippen LogP contribution in [0.1, 0.15) is 29.9 Å². The lowest BCUT2D eigenvalue weighted by Gasteiger charge is -2.34. The molecule has 0 saturated carbocycles. The van der Waals surface area contributed by atoms with Crippen molar-refractivity contribution in [2.75, 3.05) is 18.0 Å². The van der Waals surface area contributed by atoms with Gasteiger partial charge in [-0.3, -0.25) is 4.79 Å². The first-order chi connectivity index (χ1) is 15.9. The van der Waals surface area contributed by atoms with Crippen molar-refractivity contribution in [1.82, 2.24) is 4.72 Å². The van der Waals surface area contributed by atoms with Crippen molar-refractivity contribution in [3.63, 3.8) is 0 Å². The molecular formula is C26H28N2O4S. The van der Waals surface area contributed by atoms with E-state index in [-0.39, 0.29) is 11.3 Å². The summed E-state index contributed by atoms with van der Waals surface area (Å²) in [6, 6.07) is 24.9. The van der Waals surface area contributed by atoms with Crippen LogP contribution < -0.4 is 9.62 Å². The van der Waals surface area contributed by atoms with Gasteiger partial charge in [0.25, 0.3) is 0 Å². The van der Waals surface area contributed by atoms with Crippen molar-refractivity contribution < 1.29 is 18.3 Å². The first-order valence-electron chi connectivity index (χ1n) is 11.1. The highest BCUT2D eigenvalue weighted by Gasteiger charge is 2.26. The van der Waals surface area contributed by atoms with E-state index in [0.717, 1.165) is 37.2 Å². The van der Waals surface area contributed by atoms with Gasteiger partial charge in [-0.2, -0.15) is 4.72 Å². The quantitative estimate of drug-likeness (QED) is 0.525. The van der Waals surface area contributed by atoms with E-state index in [1.807, 2.05) is 12.1 Å². The van der Waals surface area contributed by atoms with E-state index in [0.29, 0.717) is 5.92 Å². The molecule has 0 aromatic heterocycles. The average Bonchev–Trinajstić information content (AvgIpc) is 2.85. The average molecular weight is 465 g/mol. The number of piperidine rings is 1. The Hall–Kier alpha value is -3.16. The first-order valence-corrected chi connectivity index (χ1v) is 12.6. The number of benzene rings is 3. The van der Waals surface area contributed by atoms with Crippen LogP contribution in [0.5, 0.6) is 0 Å². The van der Waals surface area contributed by atoms with Gasteiger partial charge in [-0.25, -0.2) is 8.42 Å². The minimum absolute atomic E-state index is 0.0599. The largest absolute Gasteiger partial charge is 0.480 e. The Morgan fingerprint density at radius 2 is 1.48 bits per heavy atom. The Morgan fingerprint density at radius 1 is 0.909 bits per heavy atom. The van der Waals surface area contributed by atoms with Gasteiger partial charge in [0.15, 0.2) is 0 Å². The van der Waals surface area contributed by atoms with Crippen LogP contribution in [-0.2, 0) is 21.2 Å². The van der Waals surface area contributed by atoms with Crippen LogP contribution in [0.3, 0.4) is 0 Å². The Balaban J connectivity index is 1.40. The molecule has 0 radical (unpaired) electrons.